The van der Waals surface area contributed by atoms with Gasteiger partial charge in [-0.05, 0) is 98.2 Å². The van der Waals surface area contributed by atoms with Crippen LogP contribution in [-0.2, 0) is 4.79 Å². The third kappa shape index (κ3) is 3.07. The molecule has 0 unspecified atom stereocenters. The number of hydrogen-bond donors (Lipinski definition) is 2. The highest BCUT2D eigenvalue weighted by Gasteiger charge is 2.59. The molecule has 0 amide bonds. The molecule has 28 heavy (non-hydrogen) atoms. The number of aliphatic hydroxyl groups is 1. The highest BCUT2D eigenvalue weighted by Crippen LogP contribution is 2.67. The number of carbonyl (C=O) groups is 1. The Morgan fingerprint density at radius 3 is 2.61 bits per heavy atom. The van der Waals surface area contributed by atoms with Crippen LogP contribution in [0.1, 0.15) is 85.5 Å². The zero-order chi connectivity index (χ0) is 20.3. The maximum absolute atomic E-state index is 11.4. The predicted molar refractivity (Wildman–Crippen MR) is 112 cm³/mol. The van der Waals surface area contributed by atoms with Gasteiger partial charge in [0.05, 0.1) is 12.0 Å². The lowest BCUT2D eigenvalue weighted by molar-refractivity contribution is -0.142. The van der Waals surface area contributed by atoms with Crippen molar-refractivity contribution in [1.29, 1.82) is 0 Å². The lowest BCUT2D eigenvalue weighted by Crippen LogP contribution is -2.50. The summed E-state index contributed by atoms with van der Waals surface area (Å²) in [4.78, 5) is 11.4. The highest BCUT2D eigenvalue weighted by molar-refractivity contribution is 5.69. The van der Waals surface area contributed by atoms with E-state index in [0.717, 1.165) is 43.4 Å². The molecule has 4 aliphatic carbocycles. The van der Waals surface area contributed by atoms with Crippen LogP contribution in [-0.4, -0.2) is 22.3 Å². The molecule has 0 aliphatic heterocycles. The number of allylic oxidation sites excluding steroid dienone is 1. The Morgan fingerprint density at radius 1 is 1.14 bits per heavy atom. The van der Waals surface area contributed by atoms with Gasteiger partial charge in [-0.15, -0.1) is 0 Å². The monoisotopic (exact) mass is 388 g/mol. The number of aliphatic hydroxyl groups excluding tert-OH is 1. The summed E-state index contributed by atoms with van der Waals surface area (Å²) >= 11 is 0. The molecule has 0 heterocycles. The van der Waals surface area contributed by atoms with Gasteiger partial charge < -0.3 is 10.2 Å². The van der Waals surface area contributed by atoms with E-state index in [1.54, 1.807) is 5.57 Å². The van der Waals surface area contributed by atoms with Crippen LogP contribution in [0.3, 0.4) is 0 Å². The van der Waals surface area contributed by atoms with Crippen LogP contribution in [0, 0.1) is 46.3 Å². The molecule has 0 spiro atoms. The summed E-state index contributed by atoms with van der Waals surface area (Å²) in [6.07, 6.45) is 12.7. The van der Waals surface area contributed by atoms with Crippen LogP contribution >= 0.6 is 0 Å². The number of hydrogen-bond acceptors (Lipinski definition) is 2. The largest absolute Gasteiger partial charge is 0.481 e. The summed E-state index contributed by atoms with van der Waals surface area (Å²) in [5.74, 6) is 2.65. The predicted octanol–water partition coefficient (Wildman–Crippen LogP) is 5.67. The van der Waals surface area contributed by atoms with Gasteiger partial charge >= 0.3 is 5.97 Å². The molecule has 0 aromatic heterocycles. The van der Waals surface area contributed by atoms with Gasteiger partial charge in [-0.2, -0.15) is 0 Å². The van der Waals surface area contributed by atoms with Gasteiger partial charge in [0.1, 0.15) is 0 Å². The first kappa shape index (κ1) is 20.4. The Balaban J connectivity index is 1.54. The molecular weight excluding hydrogens is 348 g/mol. The molecule has 3 fully saturated rings. The zero-order valence-electron chi connectivity index (χ0n) is 18.3. The number of rotatable bonds is 4. The molecule has 0 radical (unpaired) electrons. The summed E-state index contributed by atoms with van der Waals surface area (Å²) in [6.45, 7) is 9.22. The molecular formula is C25H40O3. The molecule has 158 valence electrons. The van der Waals surface area contributed by atoms with Crippen LogP contribution in [0.2, 0.25) is 0 Å². The Kier molecular flexibility index (Phi) is 5.22. The molecule has 3 saturated carbocycles. The lowest BCUT2D eigenvalue weighted by atomic mass is 9.47. The van der Waals surface area contributed by atoms with Crippen molar-refractivity contribution in [2.24, 2.45) is 46.3 Å². The third-order valence-electron chi connectivity index (χ3n) is 9.99. The van der Waals surface area contributed by atoms with Gasteiger partial charge in [0.15, 0.2) is 0 Å². The standard InChI is InChI=1S/C25H40O3/c1-15(13-16(2)23(27)28)20-7-8-21-19-6-5-17-14-18(26)9-11-24(17,3)22(19)10-12-25(20,21)4/h5,15-16,18-22,26H,6-14H2,1-4H3,(H,27,28)/t15-,16-,18+,19+,20-,21+,22+,24+,25-/m1/s1. The van der Waals surface area contributed by atoms with Crippen molar-refractivity contribution in [3.05, 3.63) is 11.6 Å². The van der Waals surface area contributed by atoms with E-state index >= 15 is 0 Å². The van der Waals surface area contributed by atoms with Crippen molar-refractivity contribution in [1.82, 2.24) is 0 Å². The SMILES string of the molecule is C[C@H](C[C@@H](C)[C@H]1CC[C@H]2[C@@H]3CC=C4C[C@@H](O)CC[C@]4(C)[C@H]3CC[C@]12C)C(=O)O. The van der Waals surface area contributed by atoms with E-state index in [1.807, 2.05) is 6.92 Å². The van der Waals surface area contributed by atoms with Crippen LogP contribution in [0.4, 0.5) is 0 Å². The van der Waals surface area contributed by atoms with Gasteiger partial charge in [0, 0.05) is 0 Å². The summed E-state index contributed by atoms with van der Waals surface area (Å²) in [5.41, 5.74) is 2.24. The van der Waals surface area contributed by atoms with E-state index in [-0.39, 0.29) is 12.0 Å². The van der Waals surface area contributed by atoms with Crippen molar-refractivity contribution < 1.29 is 15.0 Å². The Morgan fingerprint density at radius 2 is 1.89 bits per heavy atom. The van der Waals surface area contributed by atoms with Gasteiger partial charge in [-0.25, -0.2) is 0 Å². The molecule has 4 rings (SSSR count). The summed E-state index contributed by atoms with van der Waals surface area (Å²) < 4.78 is 0. The van der Waals surface area contributed by atoms with Crippen LogP contribution in [0.15, 0.2) is 11.6 Å². The Hall–Kier alpha value is -0.830. The molecule has 0 aromatic rings. The van der Waals surface area contributed by atoms with Crippen molar-refractivity contribution in [2.45, 2.75) is 91.6 Å². The number of carboxylic acid groups (broad SMARTS) is 1. The van der Waals surface area contributed by atoms with E-state index in [9.17, 15) is 15.0 Å². The normalized spacial score (nSPS) is 47.3. The second kappa shape index (κ2) is 7.15. The Bertz CT molecular complexity index is 654. The smallest absolute Gasteiger partial charge is 0.306 e. The minimum Gasteiger partial charge on any atom is -0.481 e. The van der Waals surface area contributed by atoms with E-state index in [4.69, 9.17) is 0 Å². The minimum atomic E-state index is -0.646. The summed E-state index contributed by atoms with van der Waals surface area (Å²) in [6, 6.07) is 0. The Labute approximate surface area is 171 Å². The first-order valence-electron chi connectivity index (χ1n) is 11.8. The number of carboxylic acids is 1. The van der Waals surface area contributed by atoms with Gasteiger partial charge in [0.2, 0.25) is 0 Å². The second-order valence-corrected chi connectivity index (χ2v) is 11.3. The minimum absolute atomic E-state index is 0.127. The first-order chi connectivity index (χ1) is 13.2. The lowest BCUT2D eigenvalue weighted by Gasteiger charge is -2.58. The third-order valence-corrected chi connectivity index (χ3v) is 9.99. The van der Waals surface area contributed by atoms with Gasteiger partial charge in [-0.3, -0.25) is 4.79 Å². The van der Waals surface area contributed by atoms with Crippen molar-refractivity contribution in [3.8, 4) is 0 Å². The fourth-order valence-electron chi connectivity index (χ4n) is 8.44. The zero-order valence-corrected chi connectivity index (χ0v) is 18.3. The maximum Gasteiger partial charge on any atom is 0.306 e. The maximum atomic E-state index is 11.4. The molecule has 9 atom stereocenters. The molecule has 3 nitrogen and oxygen atoms in total. The number of fused-ring (bicyclic) bond motifs is 5. The topological polar surface area (TPSA) is 57.5 Å². The second-order valence-electron chi connectivity index (χ2n) is 11.3. The van der Waals surface area contributed by atoms with Gasteiger partial charge in [-0.1, -0.05) is 39.3 Å². The molecule has 0 bridgehead atoms. The molecule has 0 aromatic carbocycles. The average molecular weight is 389 g/mol. The number of aliphatic carboxylic acids is 1. The van der Waals surface area contributed by atoms with Crippen molar-refractivity contribution >= 4 is 5.97 Å². The van der Waals surface area contributed by atoms with E-state index in [2.05, 4.69) is 26.8 Å². The van der Waals surface area contributed by atoms with E-state index in [1.165, 1.54) is 32.1 Å². The van der Waals surface area contributed by atoms with Crippen molar-refractivity contribution in [3.63, 3.8) is 0 Å². The van der Waals surface area contributed by atoms with E-state index in [0.29, 0.717) is 22.7 Å². The van der Waals surface area contributed by atoms with Crippen LogP contribution in [0.5, 0.6) is 0 Å². The molecule has 2 N–H and O–H groups in total. The quantitative estimate of drug-likeness (QED) is 0.610. The van der Waals surface area contributed by atoms with Crippen LogP contribution in [0.25, 0.3) is 0 Å². The van der Waals surface area contributed by atoms with E-state index < -0.39 is 5.97 Å². The van der Waals surface area contributed by atoms with Gasteiger partial charge in [0.25, 0.3) is 0 Å². The average Bonchev–Trinajstić information content (AvgIpc) is 2.99. The first-order valence-corrected chi connectivity index (χ1v) is 11.8. The summed E-state index contributed by atoms with van der Waals surface area (Å²) in [7, 11) is 0. The fourth-order valence-corrected chi connectivity index (χ4v) is 8.44. The van der Waals surface area contributed by atoms with Crippen LogP contribution < -0.4 is 0 Å². The van der Waals surface area contributed by atoms with Crippen molar-refractivity contribution in [2.75, 3.05) is 0 Å². The molecule has 3 heteroatoms. The molecule has 0 saturated heterocycles. The highest BCUT2D eigenvalue weighted by atomic mass is 16.4. The summed E-state index contributed by atoms with van der Waals surface area (Å²) in [5, 5.41) is 19.5. The molecule has 4 aliphatic rings. The fraction of sp³-hybridized carbons (Fsp3) is 0.880.